The molecule has 2 amide bonds. The van der Waals surface area contributed by atoms with Gasteiger partial charge in [-0.25, -0.2) is 19.6 Å². The maximum Gasteiger partial charge on any atom is 0.416 e. The molecule has 0 aliphatic carbocycles. The van der Waals surface area contributed by atoms with Gasteiger partial charge in [-0.1, -0.05) is 6.07 Å². The van der Waals surface area contributed by atoms with Gasteiger partial charge in [0.1, 0.15) is 17.9 Å². The molecule has 3 heterocycles. The molecule has 4 aromatic rings. The van der Waals surface area contributed by atoms with Gasteiger partial charge in [0.15, 0.2) is 0 Å². The number of nitrogens with zero attached hydrogens (tertiary/aromatic N) is 5. The van der Waals surface area contributed by atoms with Crippen LogP contribution in [0.4, 0.5) is 34.3 Å². The normalized spacial score (nSPS) is 14.6. The van der Waals surface area contributed by atoms with E-state index in [0.29, 0.717) is 29.7 Å². The van der Waals surface area contributed by atoms with Gasteiger partial charge in [-0.3, -0.25) is 14.8 Å². The van der Waals surface area contributed by atoms with E-state index in [9.17, 15) is 22.8 Å². The minimum absolute atomic E-state index is 0.0285. The number of piperazine rings is 1. The van der Waals surface area contributed by atoms with Gasteiger partial charge in [0.25, 0.3) is 0 Å². The van der Waals surface area contributed by atoms with Crippen molar-refractivity contribution in [3.8, 4) is 11.6 Å². The summed E-state index contributed by atoms with van der Waals surface area (Å²) >= 11 is 0. The van der Waals surface area contributed by atoms with Gasteiger partial charge in [0, 0.05) is 56.1 Å². The molecule has 11 nitrogen and oxygen atoms in total. The number of hydrogen-bond donors (Lipinski definition) is 3. The number of likely N-dealkylation sites (N-methyl/N-ethyl adjacent to an activating group) is 1. The predicted molar refractivity (Wildman–Crippen MR) is 144 cm³/mol. The van der Waals surface area contributed by atoms with Crippen molar-refractivity contribution in [1.29, 1.82) is 0 Å². The topological polar surface area (TPSA) is 125 Å². The summed E-state index contributed by atoms with van der Waals surface area (Å²) in [4.78, 5) is 35.7. The van der Waals surface area contributed by atoms with Crippen molar-refractivity contribution in [3.05, 3.63) is 72.2 Å². The fourth-order valence-corrected chi connectivity index (χ4v) is 4.54. The standard InChI is InChI=1S/C27H26F3N7O4/c1-35-8-10-36(11-9-35)15-18-2-3-19(13-21(18)27(28,29)30)33-25(38)37-7-6-17-12-20(4-5-22(17)37)41-24-14-23(31-16-32-24)34-26(39)40/h2-7,12-14,16H,8-11,15H2,1H3,(H,33,38)(H,39,40)(H,31,32,34). The van der Waals surface area contributed by atoms with Gasteiger partial charge in [-0.05, 0) is 49.0 Å². The second-order valence-corrected chi connectivity index (χ2v) is 9.56. The molecule has 1 aliphatic heterocycles. The average Bonchev–Trinajstić information content (AvgIpc) is 3.33. The Morgan fingerprint density at radius 3 is 2.51 bits per heavy atom. The zero-order chi connectivity index (χ0) is 29.1. The minimum Gasteiger partial charge on any atom is -0.465 e. The van der Waals surface area contributed by atoms with Crippen LogP contribution in [0.3, 0.4) is 0 Å². The molecule has 0 atom stereocenters. The molecule has 14 heteroatoms. The Morgan fingerprint density at radius 2 is 1.78 bits per heavy atom. The number of fused-ring (bicyclic) bond motifs is 1. The summed E-state index contributed by atoms with van der Waals surface area (Å²) in [6.07, 6.45) is -3.22. The maximum absolute atomic E-state index is 13.9. The Balaban J connectivity index is 1.31. The van der Waals surface area contributed by atoms with Gasteiger partial charge in [0.05, 0.1) is 11.1 Å². The van der Waals surface area contributed by atoms with Crippen molar-refractivity contribution in [1.82, 2.24) is 24.3 Å². The van der Waals surface area contributed by atoms with E-state index in [2.05, 4.69) is 25.5 Å². The summed E-state index contributed by atoms with van der Waals surface area (Å²) < 4.78 is 48.8. The van der Waals surface area contributed by atoms with Crippen molar-refractivity contribution in [2.24, 2.45) is 0 Å². The van der Waals surface area contributed by atoms with E-state index in [0.717, 1.165) is 25.5 Å². The molecule has 0 saturated carbocycles. The highest BCUT2D eigenvalue weighted by molar-refractivity contribution is 5.98. The molecule has 0 radical (unpaired) electrons. The number of alkyl halides is 3. The number of aromatic nitrogens is 3. The monoisotopic (exact) mass is 569 g/mol. The zero-order valence-corrected chi connectivity index (χ0v) is 21.9. The summed E-state index contributed by atoms with van der Waals surface area (Å²) in [6, 6.07) is 11.0. The van der Waals surface area contributed by atoms with Crippen LogP contribution in [0.1, 0.15) is 11.1 Å². The van der Waals surface area contributed by atoms with Gasteiger partial charge in [-0.2, -0.15) is 13.2 Å². The predicted octanol–water partition coefficient (Wildman–Crippen LogP) is 5.16. The van der Waals surface area contributed by atoms with Crippen molar-refractivity contribution in [3.63, 3.8) is 0 Å². The first-order chi connectivity index (χ1) is 19.5. The molecule has 1 aliphatic rings. The average molecular weight is 570 g/mol. The van der Waals surface area contributed by atoms with Crippen LogP contribution in [0.2, 0.25) is 0 Å². The first kappa shape index (κ1) is 27.9. The highest BCUT2D eigenvalue weighted by Gasteiger charge is 2.34. The number of hydrogen-bond acceptors (Lipinski definition) is 7. The summed E-state index contributed by atoms with van der Waals surface area (Å²) in [5.74, 6) is 0.491. The van der Waals surface area contributed by atoms with Crippen LogP contribution in [0.15, 0.2) is 61.1 Å². The van der Waals surface area contributed by atoms with E-state index >= 15 is 0 Å². The summed E-state index contributed by atoms with van der Waals surface area (Å²) in [6.45, 7) is 3.12. The fourth-order valence-electron chi connectivity index (χ4n) is 4.54. The molecule has 41 heavy (non-hydrogen) atoms. The van der Waals surface area contributed by atoms with Crippen molar-refractivity contribution >= 4 is 34.5 Å². The van der Waals surface area contributed by atoms with Crippen molar-refractivity contribution in [2.45, 2.75) is 12.7 Å². The highest BCUT2D eigenvalue weighted by atomic mass is 19.4. The molecule has 0 bridgehead atoms. The molecule has 1 saturated heterocycles. The smallest absolute Gasteiger partial charge is 0.416 e. The van der Waals surface area contributed by atoms with Crippen LogP contribution in [-0.2, 0) is 12.7 Å². The van der Waals surface area contributed by atoms with E-state index in [1.165, 1.54) is 29.0 Å². The molecule has 2 aromatic carbocycles. The second-order valence-electron chi connectivity index (χ2n) is 9.56. The largest absolute Gasteiger partial charge is 0.465 e. The number of carboxylic acid groups (broad SMARTS) is 1. The molecule has 0 spiro atoms. The third-order valence-corrected chi connectivity index (χ3v) is 6.64. The molecular formula is C27H26F3N7O4. The van der Waals surface area contributed by atoms with Crippen LogP contribution in [0, 0.1) is 0 Å². The minimum atomic E-state index is -4.58. The molecular weight excluding hydrogens is 543 g/mol. The van der Waals surface area contributed by atoms with Gasteiger partial charge in [-0.15, -0.1) is 0 Å². The Labute approximate surface area is 232 Å². The zero-order valence-electron chi connectivity index (χ0n) is 21.9. The maximum atomic E-state index is 13.9. The van der Waals surface area contributed by atoms with E-state index in [1.54, 1.807) is 24.3 Å². The number of rotatable bonds is 6. The number of carbonyl (C=O) groups excluding carboxylic acids is 1. The van der Waals surface area contributed by atoms with E-state index < -0.39 is 23.9 Å². The van der Waals surface area contributed by atoms with Crippen LogP contribution in [-0.4, -0.2) is 74.8 Å². The van der Waals surface area contributed by atoms with Crippen LogP contribution in [0.5, 0.6) is 11.6 Å². The third kappa shape index (κ3) is 6.73. The Hall–Kier alpha value is -4.69. The van der Waals surface area contributed by atoms with Gasteiger partial charge >= 0.3 is 18.3 Å². The number of carbonyl (C=O) groups is 2. The fraction of sp³-hybridized carbons (Fsp3) is 0.259. The molecule has 1 fully saturated rings. The first-order valence-electron chi connectivity index (χ1n) is 12.6. The number of nitrogens with one attached hydrogen (secondary N) is 2. The number of anilines is 2. The van der Waals surface area contributed by atoms with Crippen LogP contribution >= 0.6 is 0 Å². The Bertz CT molecular complexity index is 1580. The van der Waals surface area contributed by atoms with E-state index in [1.807, 2.05) is 11.9 Å². The number of amides is 2. The van der Waals surface area contributed by atoms with E-state index in [-0.39, 0.29) is 29.5 Å². The summed E-state index contributed by atoms with van der Waals surface area (Å²) in [5.41, 5.74) is -0.0948. The van der Waals surface area contributed by atoms with Crippen molar-refractivity contribution < 1.29 is 32.6 Å². The third-order valence-electron chi connectivity index (χ3n) is 6.64. The second kappa shape index (κ2) is 11.4. The highest BCUT2D eigenvalue weighted by Crippen LogP contribution is 2.35. The Morgan fingerprint density at radius 1 is 1.00 bits per heavy atom. The Kier molecular flexibility index (Phi) is 7.77. The first-order valence-corrected chi connectivity index (χ1v) is 12.6. The number of halogens is 3. The van der Waals surface area contributed by atoms with Crippen LogP contribution < -0.4 is 15.4 Å². The number of benzene rings is 2. The van der Waals surface area contributed by atoms with E-state index in [4.69, 9.17) is 9.84 Å². The lowest BCUT2D eigenvalue weighted by Gasteiger charge is -2.33. The van der Waals surface area contributed by atoms with Gasteiger partial charge < -0.3 is 20.1 Å². The lowest BCUT2D eigenvalue weighted by Crippen LogP contribution is -2.44. The molecule has 5 rings (SSSR count). The van der Waals surface area contributed by atoms with Gasteiger partial charge in [0.2, 0.25) is 5.88 Å². The lowest BCUT2D eigenvalue weighted by atomic mass is 10.0. The van der Waals surface area contributed by atoms with Crippen LogP contribution in [0.25, 0.3) is 10.9 Å². The summed E-state index contributed by atoms with van der Waals surface area (Å²) in [7, 11) is 1.98. The summed E-state index contributed by atoms with van der Waals surface area (Å²) in [5, 5.41) is 14.1. The quantitative estimate of drug-likeness (QED) is 0.291. The molecule has 214 valence electrons. The lowest BCUT2D eigenvalue weighted by molar-refractivity contribution is -0.138. The molecule has 0 unspecified atom stereocenters. The SMILES string of the molecule is CN1CCN(Cc2ccc(NC(=O)n3ccc4cc(Oc5cc(NC(=O)O)ncn5)ccc43)cc2C(F)(F)F)CC1. The molecule has 3 N–H and O–H groups in total. The molecule has 2 aromatic heterocycles. The number of ether oxygens (including phenoxy) is 1. The van der Waals surface area contributed by atoms with Crippen molar-refractivity contribution in [2.75, 3.05) is 43.9 Å².